The molecule has 0 saturated carbocycles. The number of hydrogen-bond donors (Lipinski definition) is 3. The Morgan fingerprint density at radius 2 is 2.06 bits per heavy atom. The van der Waals surface area contributed by atoms with Crippen molar-refractivity contribution in [1.29, 1.82) is 0 Å². The number of sulfonamides is 1. The molecule has 0 fully saturated rings. The number of aliphatic hydroxyl groups is 1. The number of thiophene rings is 1. The van der Waals surface area contributed by atoms with E-state index < -0.39 is 28.1 Å². The van der Waals surface area contributed by atoms with Crippen molar-refractivity contribution in [3.8, 4) is 0 Å². The Labute approximate surface area is 117 Å². The quantitative estimate of drug-likeness (QED) is 0.750. The summed E-state index contributed by atoms with van der Waals surface area (Å²) in [5.41, 5.74) is 0. The van der Waals surface area contributed by atoms with Crippen LogP contribution in [0.4, 0.5) is 0 Å². The summed E-state index contributed by atoms with van der Waals surface area (Å²) in [5, 5.41) is 18.0. The van der Waals surface area contributed by atoms with Gasteiger partial charge < -0.3 is 10.2 Å². The van der Waals surface area contributed by atoms with Crippen molar-refractivity contribution >= 4 is 50.5 Å². The second-order valence-corrected chi connectivity index (χ2v) is 7.33. The van der Waals surface area contributed by atoms with E-state index in [9.17, 15) is 18.3 Å². The summed E-state index contributed by atoms with van der Waals surface area (Å²) in [6.07, 6.45) is -1.40. The Hall–Kier alpha value is -0.380. The molecule has 1 heterocycles. The number of rotatable bonds is 5. The van der Waals surface area contributed by atoms with Crippen molar-refractivity contribution in [2.45, 2.75) is 24.0 Å². The van der Waals surface area contributed by atoms with Crippen LogP contribution in [0, 0.1) is 0 Å². The molecule has 1 aromatic heterocycles. The number of carboxylic acids is 1. The van der Waals surface area contributed by atoms with Crippen molar-refractivity contribution in [3.05, 3.63) is 14.7 Å². The Morgan fingerprint density at radius 3 is 2.39 bits per heavy atom. The van der Waals surface area contributed by atoms with E-state index in [1.807, 2.05) is 4.72 Å². The number of carboxylic acid groups (broad SMARTS) is 1. The lowest BCUT2D eigenvalue weighted by Crippen LogP contribution is -2.47. The third kappa shape index (κ3) is 3.56. The maximum absolute atomic E-state index is 11.9. The van der Waals surface area contributed by atoms with Gasteiger partial charge in [0.1, 0.15) is 15.3 Å². The van der Waals surface area contributed by atoms with Gasteiger partial charge in [0.2, 0.25) is 10.0 Å². The van der Waals surface area contributed by atoms with E-state index in [0.717, 1.165) is 24.3 Å². The summed E-state index contributed by atoms with van der Waals surface area (Å²) in [6.45, 7) is 1.16. The molecule has 3 N–H and O–H groups in total. The van der Waals surface area contributed by atoms with E-state index in [-0.39, 0.29) is 13.6 Å². The molecular weight excluding hydrogens is 325 g/mol. The molecule has 0 saturated heterocycles. The van der Waals surface area contributed by atoms with Gasteiger partial charge in [-0.05, 0) is 13.0 Å². The van der Waals surface area contributed by atoms with Crippen LogP contribution in [0.3, 0.4) is 0 Å². The van der Waals surface area contributed by atoms with Crippen LogP contribution in [-0.2, 0) is 14.8 Å². The number of halogens is 2. The van der Waals surface area contributed by atoms with Gasteiger partial charge in [0, 0.05) is 0 Å². The fraction of sp³-hybridized carbons (Fsp3) is 0.375. The summed E-state index contributed by atoms with van der Waals surface area (Å²) in [4.78, 5) is 10.5. The van der Waals surface area contributed by atoms with Crippen LogP contribution in [0.2, 0.25) is 8.67 Å². The Balaban J connectivity index is 3.08. The predicted molar refractivity (Wildman–Crippen MR) is 67.8 cm³/mol. The molecule has 0 amide bonds. The number of nitrogens with one attached hydrogen (secondary N) is 1. The summed E-state index contributed by atoms with van der Waals surface area (Å²) < 4.78 is 25.7. The Kier molecular flexibility index (Phi) is 4.98. The molecule has 102 valence electrons. The van der Waals surface area contributed by atoms with Crippen molar-refractivity contribution in [2.24, 2.45) is 0 Å². The van der Waals surface area contributed by atoms with Crippen LogP contribution in [0.25, 0.3) is 0 Å². The lowest BCUT2D eigenvalue weighted by molar-refractivity contribution is -0.141. The minimum atomic E-state index is -4.16. The summed E-state index contributed by atoms with van der Waals surface area (Å²) in [5.74, 6) is -1.49. The monoisotopic (exact) mass is 333 g/mol. The third-order valence-electron chi connectivity index (χ3n) is 1.95. The Morgan fingerprint density at radius 1 is 1.50 bits per heavy atom. The minimum absolute atomic E-state index is 0.0813. The SMILES string of the molecule is C[C@@H](O)[C@H](NS(=O)(=O)c1cc(Cl)sc1Cl)C(=O)O. The van der Waals surface area contributed by atoms with E-state index in [4.69, 9.17) is 28.3 Å². The van der Waals surface area contributed by atoms with Crippen LogP contribution < -0.4 is 4.72 Å². The number of aliphatic carboxylic acids is 1. The van der Waals surface area contributed by atoms with Gasteiger partial charge in [-0.3, -0.25) is 4.79 Å². The van der Waals surface area contributed by atoms with Gasteiger partial charge >= 0.3 is 5.97 Å². The summed E-state index contributed by atoms with van der Waals surface area (Å²) in [7, 11) is -4.16. The fourth-order valence-corrected chi connectivity index (χ4v) is 4.51. The number of carbonyl (C=O) groups is 1. The largest absolute Gasteiger partial charge is 0.480 e. The van der Waals surface area contributed by atoms with Crippen LogP contribution in [0.15, 0.2) is 11.0 Å². The van der Waals surface area contributed by atoms with E-state index in [0.29, 0.717) is 0 Å². The zero-order valence-electron chi connectivity index (χ0n) is 8.92. The van der Waals surface area contributed by atoms with Crippen molar-refractivity contribution < 1.29 is 23.4 Å². The van der Waals surface area contributed by atoms with Gasteiger partial charge in [-0.15, -0.1) is 11.3 Å². The molecule has 10 heteroatoms. The first-order valence-electron chi connectivity index (χ1n) is 4.53. The van der Waals surface area contributed by atoms with Crippen LogP contribution in [0.1, 0.15) is 6.92 Å². The maximum atomic E-state index is 11.9. The van der Waals surface area contributed by atoms with Gasteiger partial charge in [-0.2, -0.15) is 4.72 Å². The first-order chi connectivity index (χ1) is 8.15. The van der Waals surface area contributed by atoms with E-state index >= 15 is 0 Å². The summed E-state index contributed by atoms with van der Waals surface area (Å²) >= 11 is 12.1. The topological polar surface area (TPSA) is 104 Å². The van der Waals surface area contributed by atoms with E-state index in [1.54, 1.807) is 0 Å². The minimum Gasteiger partial charge on any atom is -0.480 e. The number of hydrogen-bond acceptors (Lipinski definition) is 5. The molecule has 0 unspecified atom stereocenters. The zero-order valence-corrected chi connectivity index (χ0v) is 12.1. The molecule has 0 bridgehead atoms. The van der Waals surface area contributed by atoms with Gasteiger partial charge in [-0.25, -0.2) is 8.42 Å². The fourth-order valence-electron chi connectivity index (χ4n) is 1.09. The average molecular weight is 334 g/mol. The zero-order chi connectivity index (χ0) is 14.1. The highest BCUT2D eigenvalue weighted by Gasteiger charge is 2.31. The maximum Gasteiger partial charge on any atom is 0.324 e. The molecular formula is C8H9Cl2NO5S2. The summed E-state index contributed by atoms with van der Waals surface area (Å²) in [6, 6.07) is -0.553. The standard InChI is InChI=1S/C8H9Cl2NO5S2/c1-3(12)6(8(13)14)11-18(15,16)4-2-5(9)17-7(4)10/h2-3,6,11-12H,1H3,(H,13,14)/t3-,6+/m1/s1. The van der Waals surface area contributed by atoms with Crippen molar-refractivity contribution in [3.63, 3.8) is 0 Å². The number of aliphatic hydroxyl groups excluding tert-OH is 1. The van der Waals surface area contributed by atoms with Gasteiger partial charge in [0.25, 0.3) is 0 Å². The van der Waals surface area contributed by atoms with Gasteiger partial charge in [0.15, 0.2) is 0 Å². The van der Waals surface area contributed by atoms with E-state index in [1.165, 1.54) is 0 Å². The lowest BCUT2D eigenvalue weighted by Gasteiger charge is -2.16. The smallest absolute Gasteiger partial charge is 0.324 e. The predicted octanol–water partition coefficient (Wildman–Crippen LogP) is 1.17. The molecule has 2 atom stereocenters. The van der Waals surface area contributed by atoms with Crippen LogP contribution in [-0.4, -0.2) is 36.7 Å². The average Bonchev–Trinajstić information content (AvgIpc) is 2.54. The molecule has 18 heavy (non-hydrogen) atoms. The molecule has 1 rings (SSSR count). The highest BCUT2D eigenvalue weighted by atomic mass is 35.5. The second kappa shape index (κ2) is 5.72. The molecule has 0 aromatic carbocycles. The van der Waals surface area contributed by atoms with Crippen LogP contribution in [0.5, 0.6) is 0 Å². The first-order valence-corrected chi connectivity index (χ1v) is 7.58. The highest BCUT2D eigenvalue weighted by Crippen LogP contribution is 2.34. The molecule has 6 nitrogen and oxygen atoms in total. The molecule has 1 aromatic rings. The first kappa shape index (κ1) is 15.7. The molecule has 0 aliphatic rings. The lowest BCUT2D eigenvalue weighted by atomic mass is 10.2. The van der Waals surface area contributed by atoms with Crippen LogP contribution >= 0.6 is 34.5 Å². The molecule has 0 spiro atoms. The van der Waals surface area contributed by atoms with Gasteiger partial charge in [0.05, 0.1) is 10.4 Å². The molecule has 0 radical (unpaired) electrons. The molecule has 0 aliphatic heterocycles. The van der Waals surface area contributed by atoms with Crippen molar-refractivity contribution in [1.82, 2.24) is 4.72 Å². The molecule has 0 aliphatic carbocycles. The third-order valence-corrected chi connectivity index (χ3v) is 5.14. The van der Waals surface area contributed by atoms with Gasteiger partial charge in [-0.1, -0.05) is 23.2 Å². The normalized spacial score (nSPS) is 15.3. The van der Waals surface area contributed by atoms with Crippen molar-refractivity contribution in [2.75, 3.05) is 0 Å². The highest BCUT2D eigenvalue weighted by molar-refractivity contribution is 7.89. The second-order valence-electron chi connectivity index (χ2n) is 3.37. The Bertz CT molecular complexity index is 554. The van der Waals surface area contributed by atoms with E-state index in [2.05, 4.69) is 0 Å².